The number of rotatable bonds is 4. The average molecular weight is 297 g/mol. The van der Waals surface area contributed by atoms with Crippen LogP contribution in [0.1, 0.15) is 15.9 Å². The summed E-state index contributed by atoms with van der Waals surface area (Å²) in [7, 11) is 0. The molecule has 1 N–H and O–H groups in total. The van der Waals surface area contributed by atoms with E-state index in [1.807, 2.05) is 0 Å². The van der Waals surface area contributed by atoms with Crippen molar-refractivity contribution >= 4 is 29.2 Å². The van der Waals surface area contributed by atoms with E-state index >= 15 is 0 Å². The Balaban J connectivity index is 2.22. The molecule has 0 bridgehead atoms. The smallest absolute Gasteiger partial charge is 0.339 e. The molecule has 0 unspecified atom stereocenters. The number of carboxylic acid groups (broad SMARTS) is 1. The number of halogens is 2. The highest BCUT2D eigenvalue weighted by atomic mass is 35.5. The molecule has 0 aromatic heterocycles. The minimum Gasteiger partial charge on any atom is -0.488 e. The van der Waals surface area contributed by atoms with Crippen molar-refractivity contribution in [1.82, 2.24) is 0 Å². The summed E-state index contributed by atoms with van der Waals surface area (Å²) in [6.07, 6.45) is 0. The van der Waals surface area contributed by atoms with Gasteiger partial charge in [0, 0.05) is 15.6 Å². The molecule has 19 heavy (non-hydrogen) atoms. The van der Waals surface area contributed by atoms with Crippen LogP contribution in [0.15, 0.2) is 42.5 Å². The third-order valence-corrected chi connectivity index (χ3v) is 3.26. The molecule has 0 atom stereocenters. The molecule has 0 radical (unpaired) electrons. The third kappa shape index (κ3) is 3.19. The molecule has 0 heterocycles. The Morgan fingerprint density at radius 3 is 2.32 bits per heavy atom. The Bertz CT molecular complexity index is 591. The summed E-state index contributed by atoms with van der Waals surface area (Å²) in [5.74, 6) is -0.758. The summed E-state index contributed by atoms with van der Waals surface area (Å²) in [5, 5.41) is 10.0. The maximum atomic E-state index is 11.0. The van der Waals surface area contributed by atoms with E-state index in [0.717, 1.165) is 0 Å². The van der Waals surface area contributed by atoms with Crippen LogP contribution in [0.5, 0.6) is 5.75 Å². The molecule has 0 amide bonds. The van der Waals surface area contributed by atoms with Crippen LogP contribution in [0.2, 0.25) is 10.0 Å². The van der Waals surface area contributed by atoms with Crippen LogP contribution in [0.25, 0.3) is 0 Å². The van der Waals surface area contributed by atoms with E-state index in [9.17, 15) is 4.79 Å². The molecule has 2 aromatic rings. The van der Waals surface area contributed by atoms with Crippen molar-refractivity contribution in [1.29, 1.82) is 0 Å². The third-order valence-electron chi connectivity index (χ3n) is 2.55. The lowest BCUT2D eigenvalue weighted by molar-refractivity contribution is 0.0692. The predicted octanol–water partition coefficient (Wildman–Crippen LogP) is 4.27. The summed E-state index contributed by atoms with van der Waals surface area (Å²) < 4.78 is 5.50. The molecule has 98 valence electrons. The molecular weight excluding hydrogens is 287 g/mol. The quantitative estimate of drug-likeness (QED) is 0.916. The first-order valence-corrected chi connectivity index (χ1v) is 6.23. The maximum absolute atomic E-state index is 11.0. The van der Waals surface area contributed by atoms with E-state index in [2.05, 4.69) is 0 Å². The fraction of sp³-hybridized carbons (Fsp3) is 0.0714. The number of para-hydroxylation sites is 1. The molecule has 0 fully saturated rings. The number of hydrogen-bond acceptors (Lipinski definition) is 2. The summed E-state index contributed by atoms with van der Waals surface area (Å²) >= 11 is 12.0. The molecule has 2 aromatic carbocycles. The Morgan fingerprint density at radius 2 is 1.68 bits per heavy atom. The molecule has 0 saturated heterocycles. The van der Waals surface area contributed by atoms with Gasteiger partial charge in [0.05, 0.1) is 0 Å². The van der Waals surface area contributed by atoms with Gasteiger partial charge >= 0.3 is 5.97 Å². The Morgan fingerprint density at radius 1 is 1.05 bits per heavy atom. The Kier molecular flexibility index (Phi) is 4.30. The highest BCUT2D eigenvalue weighted by Crippen LogP contribution is 2.27. The molecule has 0 aliphatic heterocycles. The SMILES string of the molecule is O=C(O)c1ccccc1OCc1c(Cl)cccc1Cl. The van der Waals surface area contributed by atoms with Gasteiger partial charge in [-0.15, -0.1) is 0 Å². The highest BCUT2D eigenvalue weighted by molar-refractivity contribution is 6.35. The Hall–Kier alpha value is -1.71. The van der Waals surface area contributed by atoms with Crippen molar-refractivity contribution < 1.29 is 14.6 Å². The number of hydrogen-bond donors (Lipinski definition) is 1. The van der Waals surface area contributed by atoms with Crippen LogP contribution < -0.4 is 4.74 Å². The van der Waals surface area contributed by atoms with E-state index in [1.165, 1.54) is 6.07 Å². The minimum atomic E-state index is -1.04. The van der Waals surface area contributed by atoms with Crippen LogP contribution in [-0.2, 0) is 6.61 Å². The monoisotopic (exact) mass is 296 g/mol. The van der Waals surface area contributed by atoms with Crippen LogP contribution >= 0.6 is 23.2 Å². The zero-order valence-corrected chi connectivity index (χ0v) is 11.3. The highest BCUT2D eigenvalue weighted by Gasteiger charge is 2.12. The summed E-state index contributed by atoms with van der Waals surface area (Å²) in [4.78, 5) is 11.0. The van der Waals surface area contributed by atoms with E-state index in [1.54, 1.807) is 36.4 Å². The number of aromatic carboxylic acids is 1. The lowest BCUT2D eigenvalue weighted by atomic mass is 10.2. The van der Waals surface area contributed by atoms with Gasteiger partial charge in [0.2, 0.25) is 0 Å². The molecule has 2 rings (SSSR count). The zero-order chi connectivity index (χ0) is 13.8. The van der Waals surface area contributed by atoms with E-state index in [4.69, 9.17) is 33.0 Å². The number of carboxylic acids is 1. The first kappa shape index (κ1) is 13.7. The molecular formula is C14H10Cl2O3. The van der Waals surface area contributed by atoms with Gasteiger partial charge in [0.25, 0.3) is 0 Å². The lowest BCUT2D eigenvalue weighted by Crippen LogP contribution is -2.03. The second kappa shape index (κ2) is 5.95. The fourth-order valence-electron chi connectivity index (χ4n) is 1.59. The first-order valence-electron chi connectivity index (χ1n) is 5.47. The summed E-state index contributed by atoms with van der Waals surface area (Å²) in [6.45, 7) is 0.114. The first-order chi connectivity index (χ1) is 9.09. The van der Waals surface area contributed by atoms with Crippen molar-refractivity contribution in [2.24, 2.45) is 0 Å². The van der Waals surface area contributed by atoms with E-state index < -0.39 is 5.97 Å². The average Bonchev–Trinajstić information content (AvgIpc) is 2.38. The van der Waals surface area contributed by atoms with Crippen molar-refractivity contribution in [3.63, 3.8) is 0 Å². The zero-order valence-electron chi connectivity index (χ0n) is 9.77. The van der Waals surface area contributed by atoms with Crippen molar-refractivity contribution in [2.45, 2.75) is 6.61 Å². The van der Waals surface area contributed by atoms with Gasteiger partial charge in [-0.2, -0.15) is 0 Å². The van der Waals surface area contributed by atoms with Crippen molar-refractivity contribution in [3.8, 4) is 5.75 Å². The van der Waals surface area contributed by atoms with Gasteiger partial charge in [-0.05, 0) is 24.3 Å². The fourth-order valence-corrected chi connectivity index (χ4v) is 2.10. The topological polar surface area (TPSA) is 46.5 Å². The molecule has 3 nitrogen and oxygen atoms in total. The molecule has 0 aliphatic carbocycles. The normalized spacial score (nSPS) is 10.2. The van der Waals surface area contributed by atoms with Crippen molar-refractivity contribution in [2.75, 3.05) is 0 Å². The molecule has 0 aliphatic rings. The van der Waals surface area contributed by atoms with Gasteiger partial charge in [-0.25, -0.2) is 4.79 Å². The number of ether oxygens (including phenoxy) is 1. The molecule has 0 spiro atoms. The van der Waals surface area contributed by atoms with Gasteiger partial charge < -0.3 is 9.84 Å². The second-order valence-corrected chi connectivity index (χ2v) is 4.60. The standard InChI is InChI=1S/C14H10Cl2O3/c15-11-5-3-6-12(16)10(11)8-19-13-7-2-1-4-9(13)14(17)18/h1-7H,8H2,(H,17,18). The van der Waals surface area contributed by atoms with Crippen LogP contribution in [0, 0.1) is 0 Å². The van der Waals surface area contributed by atoms with E-state index in [0.29, 0.717) is 15.6 Å². The summed E-state index contributed by atoms with van der Waals surface area (Å²) in [5.41, 5.74) is 0.733. The van der Waals surface area contributed by atoms with Gasteiger partial charge in [0.15, 0.2) is 0 Å². The Labute approximate surface area is 120 Å². The maximum Gasteiger partial charge on any atom is 0.339 e. The predicted molar refractivity (Wildman–Crippen MR) is 74.2 cm³/mol. The minimum absolute atomic E-state index is 0.102. The van der Waals surface area contributed by atoms with E-state index in [-0.39, 0.29) is 17.9 Å². The van der Waals surface area contributed by atoms with Crippen molar-refractivity contribution in [3.05, 3.63) is 63.6 Å². The van der Waals surface area contributed by atoms with Gasteiger partial charge in [-0.3, -0.25) is 0 Å². The number of benzene rings is 2. The second-order valence-electron chi connectivity index (χ2n) is 3.79. The number of carbonyl (C=O) groups is 1. The lowest BCUT2D eigenvalue weighted by Gasteiger charge is -2.11. The van der Waals surface area contributed by atoms with Crippen LogP contribution in [0.4, 0.5) is 0 Å². The summed E-state index contributed by atoms with van der Waals surface area (Å²) in [6, 6.07) is 11.6. The van der Waals surface area contributed by atoms with Crippen LogP contribution in [0.3, 0.4) is 0 Å². The van der Waals surface area contributed by atoms with Crippen LogP contribution in [-0.4, -0.2) is 11.1 Å². The van der Waals surface area contributed by atoms with Gasteiger partial charge in [0.1, 0.15) is 17.9 Å². The largest absolute Gasteiger partial charge is 0.488 e. The van der Waals surface area contributed by atoms with Gasteiger partial charge in [-0.1, -0.05) is 41.4 Å². The molecule has 5 heteroatoms. The molecule has 0 saturated carbocycles.